The molecule has 0 saturated heterocycles. The van der Waals surface area contributed by atoms with Crippen molar-refractivity contribution in [3.8, 4) is 0 Å². The van der Waals surface area contributed by atoms with Crippen LogP contribution in [0.5, 0.6) is 0 Å². The topological polar surface area (TPSA) is 55.1 Å². The highest BCUT2D eigenvalue weighted by Gasteiger charge is 2.07. The Hall–Kier alpha value is -1.51. The summed E-state index contributed by atoms with van der Waals surface area (Å²) in [5, 5.41) is 2.85. The van der Waals surface area contributed by atoms with Crippen LogP contribution in [0.3, 0.4) is 0 Å². The molecule has 0 unspecified atom stereocenters. The Morgan fingerprint density at radius 1 is 1.43 bits per heavy atom. The van der Waals surface area contributed by atoms with Gasteiger partial charge < -0.3 is 11.1 Å². The van der Waals surface area contributed by atoms with E-state index in [-0.39, 0.29) is 5.91 Å². The van der Waals surface area contributed by atoms with E-state index in [4.69, 9.17) is 5.73 Å². The van der Waals surface area contributed by atoms with Gasteiger partial charge >= 0.3 is 0 Å². The average molecular weight is 192 g/mol. The summed E-state index contributed by atoms with van der Waals surface area (Å²) in [6.07, 6.45) is 0.480. The molecule has 3 heteroatoms. The summed E-state index contributed by atoms with van der Waals surface area (Å²) < 4.78 is 0. The van der Waals surface area contributed by atoms with Gasteiger partial charge in [-0.3, -0.25) is 4.79 Å². The van der Waals surface area contributed by atoms with Crippen molar-refractivity contribution < 1.29 is 4.79 Å². The zero-order chi connectivity index (χ0) is 10.7. The van der Waals surface area contributed by atoms with Crippen LogP contribution < -0.4 is 11.1 Å². The van der Waals surface area contributed by atoms with Gasteiger partial charge in [-0.2, -0.15) is 0 Å². The molecule has 0 radical (unpaired) electrons. The fourth-order valence-corrected chi connectivity index (χ4v) is 1.28. The van der Waals surface area contributed by atoms with Crippen LogP contribution in [-0.2, 0) is 4.79 Å². The molecule has 1 aromatic carbocycles. The number of carbonyl (C=O) groups excluding carboxylic acids is 1. The smallest absolute Gasteiger partial charge is 0.224 e. The number of nitrogens with one attached hydrogen (secondary N) is 1. The van der Waals surface area contributed by atoms with Gasteiger partial charge in [-0.15, -0.1) is 0 Å². The summed E-state index contributed by atoms with van der Waals surface area (Å²) in [4.78, 5) is 11.2. The highest BCUT2D eigenvalue weighted by molar-refractivity contribution is 5.93. The van der Waals surface area contributed by atoms with Gasteiger partial charge in [0, 0.05) is 17.8 Å². The fourth-order valence-electron chi connectivity index (χ4n) is 1.28. The van der Waals surface area contributed by atoms with Crippen molar-refractivity contribution in [2.24, 2.45) is 0 Å². The summed E-state index contributed by atoms with van der Waals surface area (Å²) in [5.74, 6) is 0.0156. The van der Waals surface area contributed by atoms with Crippen molar-refractivity contribution in [2.45, 2.75) is 27.2 Å². The largest absolute Gasteiger partial charge is 0.398 e. The maximum Gasteiger partial charge on any atom is 0.224 e. The van der Waals surface area contributed by atoms with Crippen molar-refractivity contribution in [2.75, 3.05) is 11.1 Å². The molecule has 76 valence electrons. The van der Waals surface area contributed by atoms with E-state index in [1.807, 2.05) is 32.9 Å². The van der Waals surface area contributed by atoms with Crippen LogP contribution in [0.15, 0.2) is 12.1 Å². The third kappa shape index (κ3) is 2.05. The lowest BCUT2D eigenvalue weighted by Crippen LogP contribution is -2.12. The predicted octanol–water partition coefficient (Wildman–Crippen LogP) is 2.23. The number of aryl methyl sites for hydroxylation is 1. The second-order valence-electron chi connectivity index (χ2n) is 3.37. The van der Waals surface area contributed by atoms with Crippen LogP contribution in [0.25, 0.3) is 0 Å². The number of nitrogen functional groups attached to an aromatic ring is 1. The fraction of sp³-hybridized carbons (Fsp3) is 0.364. The summed E-state index contributed by atoms with van der Waals surface area (Å²) in [7, 11) is 0. The van der Waals surface area contributed by atoms with Gasteiger partial charge in [0.1, 0.15) is 0 Å². The molecule has 1 rings (SSSR count). The molecule has 0 aromatic heterocycles. The minimum atomic E-state index is 0.0156. The maximum atomic E-state index is 11.2. The molecule has 3 N–H and O–H groups in total. The Balaban J connectivity index is 3.06. The number of anilines is 2. The van der Waals surface area contributed by atoms with E-state index in [1.54, 1.807) is 0 Å². The number of nitrogens with two attached hydrogens (primary N) is 1. The van der Waals surface area contributed by atoms with E-state index >= 15 is 0 Å². The van der Waals surface area contributed by atoms with Gasteiger partial charge in [0.25, 0.3) is 0 Å². The van der Waals surface area contributed by atoms with E-state index in [9.17, 15) is 4.79 Å². The van der Waals surface area contributed by atoms with Crippen molar-refractivity contribution in [3.05, 3.63) is 23.3 Å². The summed E-state index contributed by atoms with van der Waals surface area (Å²) in [6.45, 7) is 5.69. The van der Waals surface area contributed by atoms with Crippen molar-refractivity contribution >= 4 is 17.3 Å². The van der Waals surface area contributed by atoms with Gasteiger partial charge in [-0.05, 0) is 31.0 Å². The zero-order valence-electron chi connectivity index (χ0n) is 8.85. The molecule has 0 bridgehead atoms. The first-order valence-electron chi connectivity index (χ1n) is 4.71. The van der Waals surface area contributed by atoms with Crippen LogP contribution in [0.1, 0.15) is 24.5 Å². The quantitative estimate of drug-likeness (QED) is 0.706. The molecule has 0 aliphatic carbocycles. The molecule has 0 fully saturated rings. The number of hydrogen-bond donors (Lipinski definition) is 2. The van der Waals surface area contributed by atoms with Crippen LogP contribution in [0, 0.1) is 13.8 Å². The van der Waals surface area contributed by atoms with Crippen molar-refractivity contribution in [1.82, 2.24) is 0 Å². The first-order valence-corrected chi connectivity index (χ1v) is 4.71. The average Bonchev–Trinajstić information content (AvgIpc) is 2.18. The molecule has 0 aliphatic heterocycles. The summed E-state index contributed by atoms with van der Waals surface area (Å²) in [6, 6.07) is 3.76. The minimum absolute atomic E-state index is 0.0156. The lowest BCUT2D eigenvalue weighted by Gasteiger charge is -2.12. The second-order valence-corrected chi connectivity index (χ2v) is 3.37. The van der Waals surface area contributed by atoms with E-state index in [1.165, 1.54) is 0 Å². The minimum Gasteiger partial charge on any atom is -0.398 e. The Bertz CT molecular complexity index is 359. The monoisotopic (exact) mass is 192 g/mol. The number of benzene rings is 1. The molecule has 1 amide bonds. The highest BCUT2D eigenvalue weighted by atomic mass is 16.1. The molecule has 0 heterocycles. The van der Waals surface area contributed by atoms with Gasteiger partial charge in [-0.1, -0.05) is 13.0 Å². The predicted molar refractivity (Wildman–Crippen MR) is 59.2 cm³/mol. The second kappa shape index (κ2) is 4.13. The van der Waals surface area contributed by atoms with E-state index < -0.39 is 0 Å². The van der Waals surface area contributed by atoms with Crippen LogP contribution in [0.2, 0.25) is 0 Å². The highest BCUT2D eigenvalue weighted by Crippen LogP contribution is 2.25. The Kier molecular flexibility index (Phi) is 3.12. The first-order chi connectivity index (χ1) is 6.56. The SMILES string of the molecule is CCC(=O)Nc1c(C)ccc(N)c1C. The number of amides is 1. The van der Waals surface area contributed by atoms with Gasteiger partial charge in [0.05, 0.1) is 0 Å². The summed E-state index contributed by atoms with van der Waals surface area (Å²) in [5.41, 5.74) is 9.29. The van der Waals surface area contributed by atoms with Gasteiger partial charge in [0.15, 0.2) is 0 Å². The molecular formula is C11H16N2O. The van der Waals surface area contributed by atoms with Crippen LogP contribution in [-0.4, -0.2) is 5.91 Å². The molecule has 14 heavy (non-hydrogen) atoms. The standard InChI is InChI=1S/C11H16N2O/c1-4-10(14)13-11-7(2)5-6-9(12)8(11)3/h5-6H,4,12H2,1-3H3,(H,13,14). The van der Waals surface area contributed by atoms with E-state index in [0.717, 1.165) is 16.8 Å². The number of rotatable bonds is 2. The van der Waals surface area contributed by atoms with Gasteiger partial charge in [0.2, 0.25) is 5.91 Å². The Labute approximate surface area is 84.3 Å². The molecular weight excluding hydrogens is 176 g/mol. The zero-order valence-corrected chi connectivity index (χ0v) is 8.85. The Morgan fingerprint density at radius 2 is 2.07 bits per heavy atom. The summed E-state index contributed by atoms with van der Waals surface area (Å²) >= 11 is 0. The van der Waals surface area contributed by atoms with Crippen LogP contribution in [0.4, 0.5) is 11.4 Å². The third-order valence-corrected chi connectivity index (χ3v) is 2.30. The van der Waals surface area contributed by atoms with Crippen LogP contribution >= 0.6 is 0 Å². The number of hydrogen-bond acceptors (Lipinski definition) is 2. The molecule has 0 atom stereocenters. The lowest BCUT2D eigenvalue weighted by atomic mass is 10.1. The van der Waals surface area contributed by atoms with Crippen molar-refractivity contribution in [3.63, 3.8) is 0 Å². The molecule has 3 nitrogen and oxygen atoms in total. The molecule has 0 aliphatic rings. The number of carbonyl (C=O) groups is 1. The lowest BCUT2D eigenvalue weighted by molar-refractivity contribution is -0.115. The van der Waals surface area contributed by atoms with E-state index in [0.29, 0.717) is 12.1 Å². The van der Waals surface area contributed by atoms with Crippen molar-refractivity contribution in [1.29, 1.82) is 0 Å². The van der Waals surface area contributed by atoms with Gasteiger partial charge in [-0.25, -0.2) is 0 Å². The Morgan fingerprint density at radius 3 is 2.64 bits per heavy atom. The molecule has 1 aromatic rings. The first kappa shape index (κ1) is 10.6. The molecule has 0 spiro atoms. The molecule has 0 saturated carbocycles. The third-order valence-electron chi connectivity index (χ3n) is 2.30. The normalized spacial score (nSPS) is 9.93. The maximum absolute atomic E-state index is 11.2. The van der Waals surface area contributed by atoms with E-state index in [2.05, 4.69) is 5.32 Å².